The maximum Gasteiger partial charge on any atom is 0.146 e. The second-order valence-corrected chi connectivity index (χ2v) is 9.39. The van der Waals surface area contributed by atoms with E-state index < -0.39 is 0 Å². The Balaban J connectivity index is 1.44. The lowest BCUT2D eigenvalue weighted by molar-refractivity contribution is 1.13. The van der Waals surface area contributed by atoms with Crippen molar-refractivity contribution in [2.45, 2.75) is 0 Å². The zero-order valence-electron chi connectivity index (χ0n) is 20.4. The van der Waals surface area contributed by atoms with Crippen LogP contribution in [0, 0.1) is 0 Å². The largest absolute Gasteiger partial charge is 0.304 e. The molecule has 0 unspecified atom stereocenters. The van der Waals surface area contributed by atoms with Crippen LogP contribution < -0.4 is 0 Å². The van der Waals surface area contributed by atoms with Crippen molar-refractivity contribution < 1.29 is 0 Å². The number of nitrogens with zero attached hydrogens (tertiary/aromatic N) is 5. The van der Waals surface area contributed by atoms with Crippen molar-refractivity contribution in [2.75, 3.05) is 0 Å². The molecule has 0 atom stereocenters. The molecule has 0 N–H and O–H groups in total. The molecule has 5 heterocycles. The number of aromatic nitrogens is 5. The maximum atomic E-state index is 5.29. The average Bonchev–Trinajstić information content (AvgIpc) is 3.49. The molecule has 0 amide bonds. The van der Waals surface area contributed by atoms with Gasteiger partial charge in [0.2, 0.25) is 0 Å². The van der Waals surface area contributed by atoms with Crippen LogP contribution in [0.2, 0.25) is 0 Å². The first kappa shape index (κ1) is 20.9. The highest BCUT2D eigenvalue weighted by Crippen LogP contribution is 2.37. The molecular weight excluding hydrogens is 466 g/mol. The van der Waals surface area contributed by atoms with Gasteiger partial charge in [0.15, 0.2) is 0 Å². The number of hydrogen-bond donors (Lipinski definition) is 0. The predicted octanol–water partition coefficient (Wildman–Crippen LogP) is 7.73. The molecule has 0 saturated heterocycles. The fraction of sp³-hybridized carbons (Fsp3) is 0. The topological polar surface area (TPSA) is 48.5 Å². The van der Waals surface area contributed by atoms with Crippen molar-refractivity contribution in [1.82, 2.24) is 24.1 Å². The fourth-order valence-electron chi connectivity index (χ4n) is 5.52. The van der Waals surface area contributed by atoms with Gasteiger partial charge in [0.1, 0.15) is 16.7 Å². The zero-order valence-corrected chi connectivity index (χ0v) is 20.4. The van der Waals surface area contributed by atoms with Gasteiger partial charge < -0.3 is 4.57 Å². The van der Waals surface area contributed by atoms with Crippen LogP contribution in [0.1, 0.15) is 0 Å². The summed E-state index contributed by atoms with van der Waals surface area (Å²) in [4.78, 5) is 14.9. The summed E-state index contributed by atoms with van der Waals surface area (Å²) in [6, 6.07) is 39.7. The van der Waals surface area contributed by atoms with E-state index in [1.165, 1.54) is 5.39 Å². The van der Waals surface area contributed by atoms with Crippen LogP contribution in [0.15, 0.2) is 128 Å². The molecule has 0 radical (unpaired) electrons. The number of fused-ring (bicyclic) bond motifs is 6. The Morgan fingerprint density at radius 2 is 1.26 bits per heavy atom. The van der Waals surface area contributed by atoms with Gasteiger partial charge in [-0.3, -0.25) is 14.5 Å². The third-order valence-corrected chi connectivity index (χ3v) is 7.21. The maximum absolute atomic E-state index is 5.29. The van der Waals surface area contributed by atoms with Crippen molar-refractivity contribution in [3.63, 3.8) is 0 Å². The quantitative estimate of drug-likeness (QED) is 0.256. The first-order valence-electron chi connectivity index (χ1n) is 12.6. The Labute approximate surface area is 218 Å². The van der Waals surface area contributed by atoms with E-state index in [0.29, 0.717) is 0 Å². The number of hydrogen-bond acceptors (Lipinski definition) is 3. The number of pyridine rings is 3. The molecule has 0 fully saturated rings. The van der Waals surface area contributed by atoms with E-state index in [0.717, 1.165) is 61.2 Å². The summed E-state index contributed by atoms with van der Waals surface area (Å²) in [6.07, 6.45) is 3.77. The third-order valence-electron chi connectivity index (χ3n) is 7.21. The summed E-state index contributed by atoms with van der Waals surface area (Å²) in [7, 11) is 0. The van der Waals surface area contributed by atoms with E-state index >= 15 is 0 Å². The van der Waals surface area contributed by atoms with Crippen LogP contribution >= 0.6 is 0 Å². The standard InChI is InChI=1S/C33H21N5/c1-3-10-22(11-4-1)27-18-17-24(21-35-27)37-29-16-9-19-34-31(29)32-30(37)20-26-25-14-7-8-15-28(25)38(33(26)36-32)23-12-5-2-6-13-23/h1-21H. The molecule has 8 rings (SSSR count). The number of rotatable bonds is 3. The Morgan fingerprint density at radius 1 is 0.500 bits per heavy atom. The highest BCUT2D eigenvalue weighted by Gasteiger charge is 2.20. The molecule has 5 nitrogen and oxygen atoms in total. The smallest absolute Gasteiger partial charge is 0.146 e. The second kappa shape index (κ2) is 8.11. The van der Waals surface area contributed by atoms with Crippen LogP contribution in [0.25, 0.3) is 66.6 Å². The lowest BCUT2D eigenvalue weighted by Gasteiger charge is -2.09. The average molecular weight is 488 g/mol. The molecule has 0 bridgehead atoms. The summed E-state index contributed by atoms with van der Waals surface area (Å²) in [6.45, 7) is 0. The summed E-state index contributed by atoms with van der Waals surface area (Å²) in [5, 5.41) is 2.28. The summed E-state index contributed by atoms with van der Waals surface area (Å²) < 4.78 is 4.47. The number of para-hydroxylation sites is 2. The van der Waals surface area contributed by atoms with Crippen molar-refractivity contribution in [3.8, 4) is 22.6 Å². The SMILES string of the molecule is c1ccc(-c2ccc(-n3c4cccnc4c4nc5c(cc43)c3ccccc3n5-c3ccccc3)cn2)cc1. The van der Waals surface area contributed by atoms with E-state index in [9.17, 15) is 0 Å². The molecule has 8 aromatic rings. The highest BCUT2D eigenvalue weighted by atomic mass is 15.1. The van der Waals surface area contributed by atoms with Crippen molar-refractivity contribution in [3.05, 3.63) is 128 Å². The Morgan fingerprint density at radius 3 is 2.08 bits per heavy atom. The van der Waals surface area contributed by atoms with Gasteiger partial charge in [0, 0.05) is 28.2 Å². The Kier molecular flexibility index (Phi) is 4.45. The van der Waals surface area contributed by atoms with Crippen LogP contribution in [-0.4, -0.2) is 24.1 Å². The summed E-state index contributed by atoms with van der Waals surface area (Å²) >= 11 is 0. The molecule has 0 aliphatic heterocycles. The zero-order chi connectivity index (χ0) is 25.1. The van der Waals surface area contributed by atoms with Gasteiger partial charge in [0.25, 0.3) is 0 Å². The van der Waals surface area contributed by atoms with Crippen LogP contribution in [0.4, 0.5) is 0 Å². The third kappa shape index (κ3) is 3.02. The van der Waals surface area contributed by atoms with E-state index in [4.69, 9.17) is 15.0 Å². The van der Waals surface area contributed by atoms with Gasteiger partial charge in [0.05, 0.1) is 34.1 Å². The van der Waals surface area contributed by atoms with Crippen molar-refractivity contribution in [2.24, 2.45) is 0 Å². The van der Waals surface area contributed by atoms with Gasteiger partial charge in [-0.2, -0.15) is 0 Å². The summed E-state index contributed by atoms with van der Waals surface area (Å²) in [5.41, 5.74) is 9.93. The molecule has 5 aromatic heterocycles. The predicted molar refractivity (Wildman–Crippen MR) is 154 cm³/mol. The molecule has 38 heavy (non-hydrogen) atoms. The first-order chi connectivity index (χ1) is 18.9. The van der Waals surface area contributed by atoms with Crippen LogP contribution in [0.5, 0.6) is 0 Å². The first-order valence-corrected chi connectivity index (χ1v) is 12.6. The number of benzene rings is 3. The molecule has 0 aliphatic carbocycles. The molecule has 0 aliphatic rings. The van der Waals surface area contributed by atoms with Gasteiger partial charge in [-0.25, -0.2) is 4.98 Å². The molecule has 3 aromatic carbocycles. The van der Waals surface area contributed by atoms with E-state index in [-0.39, 0.29) is 0 Å². The van der Waals surface area contributed by atoms with E-state index in [2.05, 4.69) is 94.1 Å². The lowest BCUT2D eigenvalue weighted by atomic mass is 10.1. The minimum Gasteiger partial charge on any atom is -0.304 e. The Hall–Kier alpha value is -5.29. The van der Waals surface area contributed by atoms with Crippen molar-refractivity contribution in [1.29, 1.82) is 0 Å². The van der Waals surface area contributed by atoms with Gasteiger partial charge >= 0.3 is 0 Å². The fourth-order valence-corrected chi connectivity index (χ4v) is 5.52. The molecule has 0 spiro atoms. The molecule has 5 heteroatoms. The second-order valence-electron chi connectivity index (χ2n) is 9.39. The van der Waals surface area contributed by atoms with Crippen LogP contribution in [-0.2, 0) is 0 Å². The van der Waals surface area contributed by atoms with E-state index in [1.807, 2.05) is 42.7 Å². The Bertz CT molecular complexity index is 2110. The van der Waals surface area contributed by atoms with Crippen LogP contribution in [0.3, 0.4) is 0 Å². The highest BCUT2D eigenvalue weighted by molar-refractivity contribution is 6.14. The normalized spacial score (nSPS) is 11.7. The van der Waals surface area contributed by atoms with E-state index in [1.54, 1.807) is 0 Å². The molecule has 178 valence electrons. The minimum absolute atomic E-state index is 0.875. The molecular formula is C33H21N5. The van der Waals surface area contributed by atoms with Gasteiger partial charge in [-0.15, -0.1) is 0 Å². The molecule has 0 saturated carbocycles. The summed E-state index contributed by atoms with van der Waals surface area (Å²) in [5.74, 6) is 0. The van der Waals surface area contributed by atoms with Gasteiger partial charge in [-0.05, 0) is 48.5 Å². The minimum atomic E-state index is 0.875. The van der Waals surface area contributed by atoms with Crippen molar-refractivity contribution >= 4 is 44.0 Å². The van der Waals surface area contributed by atoms with Gasteiger partial charge in [-0.1, -0.05) is 66.7 Å². The monoisotopic (exact) mass is 487 g/mol. The lowest BCUT2D eigenvalue weighted by Crippen LogP contribution is -1.97.